The number of methoxy groups -OCH3 is 2. The average molecular weight is 548 g/mol. The third-order valence-electron chi connectivity index (χ3n) is 6.32. The van der Waals surface area contributed by atoms with Crippen molar-refractivity contribution in [1.29, 1.82) is 0 Å². The summed E-state index contributed by atoms with van der Waals surface area (Å²) >= 11 is 0. The highest BCUT2D eigenvalue weighted by atomic mass is 16.7. The fourth-order valence-corrected chi connectivity index (χ4v) is 4.08. The molecule has 2 unspecified atom stereocenters. The van der Waals surface area contributed by atoms with Crippen molar-refractivity contribution in [2.24, 2.45) is 0 Å². The van der Waals surface area contributed by atoms with Crippen LogP contribution in [0.2, 0.25) is 0 Å². The second-order valence-electron chi connectivity index (χ2n) is 8.69. The summed E-state index contributed by atoms with van der Waals surface area (Å²) in [6.07, 6.45) is 1.53. The quantitative estimate of drug-likeness (QED) is 0.453. The number of aromatic nitrogens is 2. The maximum Gasteiger partial charge on any atom is 0.337 e. The molecule has 0 bridgehead atoms. The topological polar surface area (TPSA) is 136 Å². The maximum atomic E-state index is 12.1. The number of hydroxylamine groups is 2. The summed E-state index contributed by atoms with van der Waals surface area (Å²) in [6, 6.07) is 7.30. The predicted molar refractivity (Wildman–Crippen MR) is 141 cm³/mol. The highest BCUT2D eigenvalue weighted by molar-refractivity contribution is 5.81. The van der Waals surface area contributed by atoms with E-state index in [0.717, 1.165) is 42.9 Å². The van der Waals surface area contributed by atoms with Gasteiger partial charge in [-0.05, 0) is 12.1 Å². The third kappa shape index (κ3) is 8.31. The Bertz CT molecular complexity index is 1030. The second-order valence-corrected chi connectivity index (χ2v) is 8.69. The fourth-order valence-electron chi connectivity index (χ4n) is 4.08. The number of nitrogens with zero attached hydrogens (tertiary/aromatic N) is 5. The number of ether oxygens (including phenoxy) is 4. The number of carbonyl (C=O) groups excluding carboxylic acids is 1. The number of amides is 1. The Hall–Kier alpha value is -3.36. The number of rotatable bonds is 9. The Morgan fingerprint density at radius 1 is 0.821 bits per heavy atom. The second kappa shape index (κ2) is 15.3. The molecule has 0 aliphatic carbocycles. The largest absolute Gasteiger partial charge is 0.479 e. The van der Waals surface area contributed by atoms with Crippen molar-refractivity contribution in [2.75, 3.05) is 90.8 Å². The van der Waals surface area contributed by atoms with Crippen molar-refractivity contribution in [1.82, 2.24) is 15.0 Å². The Morgan fingerprint density at radius 2 is 1.26 bits per heavy atom. The van der Waals surface area contributed by atoms with Gasteiger partial charge in [-0.15, -0.1) is 0 Å². The first-order valence-electron chi connectivity index (χ1n) is 12.6. The molecule has 2 aliphatic heterocycles. The van der Waals surface area contributed by atoms with Gasteiger partial charge in [0.25, 0.3) is 5.91 Å². The average Bonchev–Trinajstić information content (AvgIpc) is 2.99. The normalized spacial score (nSPS) is 17.0. The van der Waals surface area contributed by atoms with Crippen LogP contribution in [0.1, 0.15) is 23.3 Å². The summed E-state index contributed by atoms with van der Waals surface area (Å²) in [4.78, 5) is 40.9. The molecule has 13 nitrogen and oxygen atoms in total. The molecule has 1 N–H and O–H groups in total. The summed E-state index contributed by atoms with van der Waals surface area (Å²) in [6.45, 7) is 6.07. The van der Waals surface area contributed by atoms with Crippen LogP contribution in [0.15, 0.2) is 36.7 Å². The Labute approximate surface area is 228 Å². The number of aliphatic carboxylic acids is 1. The van der Waals surface area contributed by atoms with Crippen LogP contribution in [0.5, 0.6) is 0 Å². The van der Waals surface area contributed by atoms with E-state index in [-0.39, 0.29) is 5.91 Å². The van der Waals surface area contributed by atoms with E-state index in [1.807, 2.05) is 18.2 Å². The molecule has 4 heterocycles. The molecule has 13 heteroatoms. The molecule has 0 spiro atoms. The van der Waals surface area contributed by atoms with Gasteiger partial charge in [0.15, 0.2) is 12.2 Å². The van der Waals surface area contributed by atoms with Gasteiger partial charge < -0.3 is 33.9 Å². The van der Waals surface area contributed by atoms with Crippen LogP contribution in [0, 0.1) is 0 Å². The molecule has 2 aromatic rings. The van der Waals surface area contributed by atoms with Crippen molar-refractivity contribution in [2.45, 2.75) is 12.2 Å². The van der Waals surface area contributed by atoms with Crippen molar-refractivity contribution >= 4 is 23.5 Å². The van der Waals surface area contributed by atoms with E-state index in [2.05, 4.69) is 19.8 Å². The maximum absolute atomic E-state index is 12.1. The highest BCUT2D eigenvalue weighted by Crippen LogP contribution is 2.22. The van der Waals surface area contributed by atoms with Gasteiger partial charge in [0.05, 0.1) is 33.5 Å². The first-order chi connectivity index (χ1) is 18.9. The minimum atomic E-state index is -1.02. The van der Waals surface area contributed by atoms with E-state index in [0.29, 0.717) is 37.6 Å². The molecule has 1 amide bonds. The number of morpholine rings is 2. The first kappa shape index (κ1) is 30.2. The lowest BCUT2D eigenvalue weighted by Crippen LogP contribution is -2.36. The van der Waals surface area contributed by atoms with Crippen LogP contribution in [-0.4, -0.2) is 113 Å². The molecule has 0 saturated carbocycles. The number of carboxylic acids is 1. The zero-order valence-corrected chi connectivity index (χ0v) is 22.8. The van der Waals surface area contributed by atoms with E-state index < -0.39 is 18.2 Å². The Balaban J connectivity index is 0.000000218. The lowest BCUT2D eigenvalue weighted by molar-refractivity contribution is -0.180. The minimum Gasteiger partial charge on any atom is -0.479 e. The molecule has 4 rings (SSSR count). The molecule has 2 aromatic heterocycles. The van der Waals surface area contributed by atoms with Crippen molar-refractivity contribution in [3.63, 3.8) is 0 Å². The van der Waals surface area contributed by atoms with E-state index in [4.69, 9.17) is 28.9 Å². The van der Waals surface area contributed by atoms with E-state index in [1.54, 1.807) is 25.5 Å². The lowest BCUT2D eigenvalue weighted by Gasteiger charge is -2.28. The van der Waals surface area contributed by atoms with Crippen molar-refractivity contribution in [3.05, 3.63) is 47.8 Å². The molecule has 39 heavy (non-hydrogen) atoms. The molecule has 0 aromatic carbocycles. The number of hydrogen-bond acceptors (Lipinski definition) is 11. The molecule has 2 saturated heterocycles. The fraction of sp³-hybridized carbons (Fsp3) is 0.538. The molecular formula is C26H37N5O8. The summed E-state index contributed by atoms with van der Waals surface area (Å²) in [5.74, 6) is 0.422. The Morgan fingerprint density at radius 3 is 1.59 bits per heavy atom. The first-order valence-corrected chi connectivity index (χ1v) is 12.6. The summed E-state index contributed by atoms with van der Waals surface area (Å²) in [5, 5.41) is 10.1. The summed E-state index contributed by atoms with van der Waals surface area (Å²) in [7, 11) is 5.84. The van der Waals surface area contributed by atoms with Gasteiger partial charge in [-0.25, -0.2) is 19.8 Å². The zero-order chi connectivity index (χ0) is 28.2. The molecule has 0 radical (unpaired) electrons. The van der Waals surface area contributed by atoms with Crippen LogP contribution >= 0.6 is 0 Å². The van der Waals surface area contributed by atoms with Crippen LogP contribution in [0.25, 0.3) is 0 Å². The summed E-state index contributed by atoms with van der Waals surface area (Å²) < 4.78 is 20.8. The summed E-state index contributed by atoms with van der Waals surface area (Å²) in [5.41, 5.74) is 1.24. The molecule has 2 fully saturated rings. The van der Waals surface area contributed by atoms with Crippen molar-refractivity contribution < 1.29 is 38.5 Å². The number of anilines is 2. The molecule has 2 atom stereocenters. The zero-order valence-electron chi connectivity index (χ0n) is 22.8. The van der Waals surface area contributed by atoms with Crippen LogP contribution < -0.4 is 9.80 Å². The van der Waals surface area contributed by atoms with E-state index >= 15 is 0 Å². The number of hydrogen-bond donors (Lipinski definition) is 1. The molecule has 214 valence electrons. The standard InChI is InChI=1S/C14H21N3O4.C12H16N2O4/c1-16(20-3)14(18)13(19-2)11-4-5-12(15-10-11)17-6-8-21-9-7-17;1-17-11(12(15)16)9-2-3-10(13-8-9)14-4-6-18-7-5-14/h4-5,10,13H,6-9H2,1-3H3;2-3,8,11H,4-7H2,1H3,(H,15,16). The van der Waals surface area contributed by atoms with Crippen LogP contribution in [0.4, 0.5) is 11.6 Å². The van der Waals surface area contributed by atoms with Crippen LogP contribution in [-0.2, 0) is 33.4 Å². The van der Waals surface area contributed by atoms with Gasteiger partial charge >= 0.3 is 5.97 Å². The van der Waals surface area contributed by atoms with Gasteiger partial charge in [0.1, 0.15) is 11.6 Å². The van der Waals surface area contributed by atoms with Gasteiger partial charge in [0, 0.05) is 71.0 Å². The smallest absolute Gasteiger partial charge is 0.337 e. The minimum absolute atomic E-state index is 0.277. The Kier molecular flexibility index (Phi) is 11.8. The van der Waals surface area contributed by atoms with Crippen molar-refractivity contribution in [3.8, 4) is 0 Å². The van der Waals surface area contributed by atoms with Crippen LogP contribution in [0.3, 0.4) is 0 Å². The van der Waals surface area contributed by atoms with E-state index in [1.165, 1.54) is 21.3 Å². The predicted octanol–water partition coefficient (Wildman–Crippen LogP) is 1.32. The van der Waals surface area contributed by atoms with Gasteiger partial charge in [0.2, 0.25) is 0 Å². The number of carbonyl (C=O) groups is 2. The van der Waals surface area contributed by atoms with Gasteiger partial charge in [-0.1, -0.05) is 12.1 Å². The lowest BCUT2D eigenvalue weighted by atomic mass is 10.1. The molecular weight excluding hydrogens is 510 g/mol. The monoisotopic (exact) mass is 547 g/mol. The number of carboxylic acid groups (broad SMARTS) is 1. The highest BCUT2D eigenvalue weighted by Gasteiger charge is 2.25. The van der Waals surface area contributed by atoms with E-state index in [9.17, 15) is 9.59 Å². The number of likely N-dealkylation sites (N-methyl/N-ethyl adjacent to an activating group) is 1. The number of pyridine rings is 2. The third-order valence-corrected chi connectivity index (χ3v) is 6.32. The van der Waals surface area contributed by atoms with Gasteiger partial charge in [-0.2, -0.15) is 0 Å². The molecule has 2 aliphatic rings. The van der Waals surface area contributed by atoms with Gasteiger partial charge in [-0.3, -0.25) is 9.63 Å². The SMILES string of the molecule is COC(C(=O)N(C)OC)c1ccc(N2CCOCC2)nc1.COC(C(=O)O)c1ccc(N2CCOCC2)nc1.